The number of aliphatic imine (C=N–C) groups is 1. The molecule has 0 amide bonds. The van der Waals surface area contributed by atoms with Gasteiger partial charge < -0.3 is 10.6 Å². The van der Waals surface area contributed by atoms with Gasteiger partial charge in [-0.05, 0) is 26.2 Å². The van der Waals surface area contributed by atoms with E-state index in [2.05, 4.69) is 29.0 Å². The summed E-state index contributed by atoms with van der Waals surface area (Å²) >= 11 is 0. The summed E-state index contributed by atoms with van der Waals surface area (Å²) in [6.07, 6.45) is 10.6. The normalized spacial score (nSPS) is 16.1. The molecule has 2 N–H and O–H groups in total. The largest absolute Gasteiger partial charge is 0.357 e. The monoisotopic (exact) mass is 223 g/mol. The van der Waals surface area contributed by atoms with Crippen molar-refractivity contribution in [2.75, 3.05) is 26.2 Å². The molecule has 1 rings (SSSR count). The number of nitrogens with two attached hydrogens (primary N) is 1. The molecule has 1 aliphatic heterocycles. The van der Waals surface area contributed by atoms with Gasteiger partial charge in [0.25, 0.3) is 0 Å². The Morgan fingerprint density at radius 1 is 1.38 bits per heavy atom. The second-order valence-electron chi connectivity index (χ2n) is 4.24. The molecule has 0 saturated carbocycles. The van der Waals surface area contributed by atoms with E-state index in [1.165, 1.54) is 31.5 Å². The van der Waals surface area contributed by atoms with Crippen molar-refractivity contribution in [3.63, 3.8) is 0 Å². The predicted molar refractivity (Wildman–Crippen MR) is 70.8 cm³/mol. The molecule has 0 aromatic heterocycles. The zero-order valence-electron chi connectivity index (χ0n) is 10.5. The van der Waals surface area contributed by atoms with Gasteiger partial charge in [0.2, 0.25) is 0 Å². The maximum absolute atomic E-state index is 5.58. The van der Waals surface area contributed by atoms with Crippen LogP contribution >= 0.6 is 0 Å². The summed E-state index contributed by atoms with van der Waals surface area (Å²) in [5.41, 5.74) is 5.58. The van der Waals surface area contributed by atoms with Crippen molar-refractivity contribution >= 4 is 5.84 Å². The Morgan fingerprint density at radius 2 is 2.25 bits per heavy atom. The molecule has 0 atom stereocenters. The fourth-order valence-electron chi connectivity index (χ4n) is 2.05. The Labute approximate surface area is 99.4 Å². The first-order valence-corrected chi connectivity index (χ1v) is 6.48. The van der Waals surface area contributed by atoms with Crippen LogP contribution in [0.2, 0.25) is 0 Å². The van der Waals surface area contributed by atoms with E-state index in [9.17, 15) is 0 Å². The molecule has 0 fully saturated rings. The Kier molecular flexibility index (Phi) is 6.90. The molecule has 92 valence electrons. The van der Waals surface area contributed by atoms with E-state index in [-0.39, 0.29) is 0 Å². The standard InChI is InChI=1S/C13H25N3/c1-2-3-4-5-6-7-8-13-15-10-12-16(13)11-9-14/h2-3H,4-12,14H2,1H3/b3-2+. The lowest BCUT2D eigenvalue weighted by Crippen LogP contribution is -2.32. The highest BCUT2D eigenvalue weighted by atomic mass is 15.2. The number of unbranched alkanes of at least 4 members (excludes halogenated alkanes) is 3. The number of hydrogen-bond donors (Lipinski definition) is 1. The second kappa shape index (κ2) is 8.34. The van der Waals surface area contributed by atoms with E-state index in [1.54, 1.807) is 0 Å². The minimum Gasteiger partial charge on any atom is -0.357 e. The van der Waals surface area contributed by atoms with Gasteiger partial charge in [0, 0.05) is 26.1 Å². The van der Waals surface area contributed by atoms with Crippen LogP contribution in [0.15, 0.2) is 17.1 Å². The summed E-state index contributed by atoms with van der Waals surface area (Å²) in [6.45, 7) is 5.83. The topological polar surface area (TPSA) is 41.6 Å². The molecule has 0 aromatic rings. The van der Waals surface area contributed by atoms with Gasteiger partial charge >= 0.3 is 0 Å². The zero-order valence-corrected chi connectivity index (χ0v) is 10.5. The van der Waals surface area contributed by atoms with Gasteiger partial charge in [-0.25, -0.2) is 0 Å². The third kappa shape index (κ3) is 4.79. The number of hydrogen-bond acceptors (Lipinski definition) is 3. The highest BCUT2D eigenvalue weighted by Gasteiger charge is 2.14. The molecule has 0 unspecified atom stereocenters. The molecule has 3 heteroatoms. The Morgan fingerprint density at radius 3 is 3.00 bits per heavy atom. The smallest absolute Gasteiger partial charge is 0.0990 e. The van der Waals surface area contributed by atoms with E-state index in [0.717, 1.165) is 32.6 Å². The summed E-state index contributed by atoms with van der Waals surface area (Å²) in [7, 11) is 0. The molecule has 1 aliphatic rings. The van der Waals surface area contributed by atoms with Gasteiger partial charge in [-0.2, -0.15) is 0 Å². The van der Waals surface area contributed by atoms with E-state index >= 15 is 0 Å². The third-order valence-corrected chi connectivity index (χ3v) is 2.94. The molecule has 0 saturated heterocycles. The quantitative estimate of drug-likeness (QED) is 0.506. The SMILES string of the molecule is C/C=C/CCCCCC1=NCCN1CCN. The summed E-state index contributed by atoms with van der Waals surface area (Å²) < 4.78 is 0. The van der Waals surface area contributed by atoms with Crippen molar-refractivity contribution in [1.82, 2.24) is 4.90 Å². The highest BCUT2D eigenvalue weighted by molar-refractivity contribution is 5.83. The average molecular weight is 223 g/mol. The minimum atomic E-state index is 0.736. The lowest BCUT2D eigenvalue weighted by molar-refractivity contribution is 0.456. The van der Waals surface area contributed by atoms with Crippen LogP contribution in [0.1, 0.15) is 39.0 Å². The molecule has 0 aliphatic carbocycles. The molecule has 16 heavy (non-hydrogen) atoms. The molecule has 1 heterocycles. The van der Waals surface area contributed by atoms with Gasteiger partial charge in [0.1, 0.15) is 0 Å². The van der Waals surface area contributed by atoms with Crippen LogP contribution in [0.25, 0.3) is 0 Å². The summed E-state index contributed by atoms with van der Waals surface area (Å²) in [5, 5.41) is 0. The Bertz CT molecular complexity index is 233. The van der Waals surface area contributed by atoms with Gasteiger partial charge in [-0.15, -0.1) is 0 Å². The van der Waals surface area contributed by atoms with Gasteiger partial charge in [0.05, 0.1) is 12.4 Å². The molecular weight excluding hydrogens is 198 g/mol. The number of amidine groups is 1. The molecule has 0 spiro atoms. The number of rotatable bonds is 8. The summed E-state index contributed by atoms with van der Waals surface area (Å²) in [4.78, 5) is 6.88. The van der Waals surface area contributed by atoms with Crippen LogP contribution in [0, 0.1) is 0 Å². The van der Waals surface area contributed by atoms with Crippen LogP contribution in [-0.2, 0) is 0 Å². The van der Waals surface area contributed by atoms with Crippen LogP contribution in [0.5, 0.6) is 0 Å². The van der Waals surface area contributed by atoms with Crippen molar-refractivity contribution in [3.05, 3.63) is 12.2 Å². The van der Waals surface area contributed by atoms with E-state index in [4.69, 9.17) is 5.73 Å². The molecule has 0 aromatic carbocycles. The lowest BCUT2D eigenvalue weighted by Gasteiger charge is -2.19. The van der Waals surface area contributed by atoms with Crippen LogP contribution in [-0.4, -0.2) is 36.9 Å². The van der Waals surface area contributed by atoms with Gasteiger partial charge in [-0.3, -0.25) is 4.99 Å². The highest BCUT2D eigenvalue weighted by Crippen LogP contribution is 2.10. The van der Waals surface area contributed by atoms with Crippen molar-refractivity contribution in [2.24, 2.45) is 10.7 Å². The predicted octanol–water partition coefficient (Wildman–Crippen LogP) is 2.19. The van der Waals surface area contributed by atoms with Crippen LogP contribution in [0.4, 0.5) is 0 Å². The Balaban J connectivity index is 2.07. The molecule has 0 radical (unpaired) electrons. The molecule has 3 nitrogen and oxygen atoms in total. The number of allylic oxidation sites excluding steroid dienone is 2. The van der Waals surface area contributed by atoms with E-state index in [0.29, 0.717) is 0 Å². The maximum Gasteiger partial charge on any atom is 0.0990 e. The minimum absolute atomic E-state index is 0.736. The third-order valence-electron chi connectivity index (χ3n) is 2.94. The summed E-state index contributed by atoms with van der Waals surface area (Å²) in [5.74, 6) is 1.29. The Hall–Kier alpha value is -0.830. The first kappa shape index (κ1) is 13.2. The first-order chi connectivity index (χ1) is 7.88. The first-order valence-electron chi connectivity index (χ1n) is 6.48. The molecule has 0 bridgehead atoms. The van der Waals surface area contributed by atoms with E-state index in [1.807, 2.05) is 0 Å². The summed E-state index contributed by atoms with van der Waals surface area (Å²) in [6, 6.07) is 0. The van der Waals surface area contributed by atoms with Gasteiger partial charge in [0.15, 0.2) is 0 Å². The fraction of sp³-hybridized carbons (Fsp3) is 0.769. The lowest BCUT2D eigenvalue weighted by atomic mass is 10.1. The van der Waals surface area contributed by atoms with Crippen molar-refractivity contribution < 1.29 is 0 Å². The van der Waals surface area contributed by atoms with Crippen LogP contribution < -0.4 is 5.73 Å². The fourth-order valence-corrected chi connectivity index (χ4v) is 2.05. The van der Waals surface area contributed by atoms with E-state index < -0.39 is 0 Å². The van der Waals surface area contributed by atoms with Crippen molar-refractivity contribution in [2.45, 2.75) is 39.0 Å². The number of nitrogens with zero attached hydrogens (tertiary/aromatic N) is 2. The molecular formula is C13H25N3. The van der Waals surface area contributed by atoms with Gasteiger partial charge in [-0.1, -0.05) is 18.6 Å². The zero-order chi connectivity index (χ0) is 11.6. The average Bonchev–Trinajstić information content (AvgIpc) is 2.72. The van der Waals surface area contributed by atoms with Crippen molar-refractivity contribution in [3.8, 4) is 0 Å². The van der Waals surface area contributed by atoms with Crippen LogP contribution in [0.3, 0.4) is 0 Å². The second-order valence-corrected chi connectivity index (χ2v) is 4.24. The maximum atomic E-state index is 5.58. The van der Waals surface area contributed by atoms with Crippen molar-refractivity contribution in [1.29, 1.82) is 0 Å².